The summed E-state index contributed by atoms with van der Waals surface area (Å²) in [6.45, 7) is 1.09. The third-order valence-electron chi connectivity index (χ3n) is 6.02. The molecule has 1 fully saturated rings. The lowest BCUT2D eigenvalue weighted by Crippen LogP contribution is -2.41. The molecule has 3 heterocycles. The number of carbonyl (C=O) groups excluding carboxylic acids is 1. The summed E-state index contributed by atoms with van der Waals surface area (Å²) in [6.07, 6.45) is 11.6. The number of aryl methyl sites for hydroxylation is 1. The minimum atomic E-state index is 0.0167. The summed E-state index contributed by atoms with van der Waals surface area (Å²) < 4.78 is 13.7. The highest BCUT2D eigenvalue weighted by Crippen LogP contribution is 2.33. The highest BCUT2D eigenvalue weighted by Gasteiger charge is 2.28. The second-order valence-corrected chi connectivity index (χ2v) is 8.34. The van der Waals surface area contributed by atoms with Gasteiger partial charge in [-0.3, -0.25) is 14.5 Å². The summed E-state index contributed by atoms with van der Waals surface area (Å²) in [5.41, 5.74) is 2.25. The fourth-order valence-corrected chi connectivity index (χ4v) is 4.38. The van der Waals surface area contributed by atoms with E-state index in [1.165, 1.54) is 32.1 Å². The van der Waals surface area contributed by atoms with Crippen molar-refractivity contribution in [3.05, 3.63) is 54.5 Å². The average Bonchev–Trinajstić information content (AvgIpc) is 3.23. The molecular weight excluding hydrogens is 392 g/mol. The quantitative estimate of drug-likeness (QED) is 0.603. The largest absolute Gasteiger partial charge is 0.472 e. The Bertz CT molecular complexity index is 1090. The van der Waals surface area contributed by atoms with Crippen LogP contribution >= 0.6 is 0 Å². The summed E-state index contributed by atoms with van der Waals surface area (Å²) in [7, 11) is 1.87. The number of aromatic nitrogens is 3. The van der Waals surface area contributed by atoms with Crippen LogP contribution in [0.3, 0.4) is 0 Å². The normalized spacial score (nSPS) is 16.7. The molecule has 160 valence electrons. The second-order valence-electron chi connectivity index (χ2n) is 8.34. The van der Waals surface area contributed by atoms with Crippen molar-refractivity contribution in [3.63, 3.8) is 0 Å². The number of pyridine rings is 1. The first-order valence-electron chi connectivity index (χ1n) is 10.8. The Morgan fingerprint density at radius 3 is 2.77 bits per heavy atom. The van der Waals surface area contributed by atoms with E-state index in [0.717, 1.165) is 17.8 Å². The Morgan fingerprint density at radius 2 is 1.97 bits per heavy atom. The Labute approximate surface area is 181 Å². The first kappa shape index (κ1) is 19.6. The van der Waals surface area contributed by atoms with Gasteiger partial charge >= 0.3 is 0 Å². The molecule has 3 aromatic rings. The van der Waals surface area contributed by atoms with Gasteiger partial charge in [-0.2, -0.15) is 5.10 Å². The van der Waals surface area contributed by atoms with E-state index in [1.54, 1.807) is 29.2 Å². The lowest BCUT2D eigenvalue weighted by atomic mass is 9.89. The summed E-state index contributed by atoms with van der Waals surface area (Å²) in [6, 6.07) is 9.07. The summed E-state index contributed by atoms with van der Waals surface area (Å²) >= 11 is 0. The molecule has 1 aliphatic carbocycles. The van der Waals surface area contributed by atoms with Crippen molar-refractivity contribution in [1.82, 2.24) is 19.7 Å². The van der Waals surface area contributed by atoms with Crippen LogP contribution in [0.5, 0.6) is 17.2 Å². The van der Waals surface area contributed by atoms with E-state index in [1.807, 2.05) is 36.3 Å². The molecule has 7 heteroatoms. The molecule has 1 aliphatic heterocycles. The molecule has 0 atom stereocenters. The van der Waals surface area contributed by atoms with Gasteiger partial charge in [0.05, 0.1) is 17.5 Å². The lowest BCUT2D eigenvalue weighted by molar-refractivity contribution is 0.0452. The van der Waals surface area contributed by atoms with E-state index in [2.05, 4.69) is 10.1 Å². The number of hydrogen-bond acceptors (Lipinski definition) is 5. The number of amides is 1. The zero-order valence-electron chi connectivity index (χ0n) is 17.7. The maximum Gasteiger partial charge on any atom is 0.260 e. The van der Waals surface area contributed by atoms with Crippen LogP contribution in [0, 0.1) is 5.92 Å². The number of benzene rings is 1. The van der Waals surface area contributed by atoms with Crippen molar-refractivity contribution in [3.8, 4) is 28.5 Å². The van der Waals surface area contributed by atoms with Gasteiger partial charge in [0, 0.05) is 37.6 Å². The maximum atomic E-state index is 13.1. The minimum Gasteiger partial charge on any atom is -0.472 e. The highest BCUT2D eigenvalue weighted by atomic mass is 16.5. The summed E-state index contributed by atoms with van der Waals surface area (Å²) in [5, 5.41) is 4.19. The van der Waals surface area contributed by atoms with Gasteiger partial charge < -0.3 is 14.4 Å². The third-order valence-corrected chi connectivity index (χ3v) is 6.02. The molecule has 0 N–H and O–H groups in total. The molecule has 2 aromatic heterocycles. The fourth-order valence-electron chi connectivity index (χ4n) is 4.38. The van der Waals surface area contributed by atoms with Gasteiger partial charge in [0.1, 0.15) is 17.2 Å². The smallest absolute Gasteiger partial charge is 0.260 e. The van der Waals surface area contributed by atoms with Gasteiger partial charge in [0.15, 0.2) is 6.73 Å². The van der Waals surface area contributed by atoms with E-state index in [0.29, 0.717) is 35.5 Å². The molecule has 0 radical (unpaired) electrons. The van der Waals surface area contributed by atoms with Crippen molar-refractivity contribution in [2.75, 3.05) is 13.3 Å². The molecule has 0 saturated heterocycles. The van der Waals surface area contributed by atoms with Gasteiger partial charge in [-0.25, -0.2) is 0 Å². The number of nitrogens with zero attached hydrogens (tertiary/aromatic N) is 4. The fraction of sp³-hybridized carbons (Fsp3) is 0.375. The number of rotatable bonds is 5. The van der Waals surface area contributed by atoms with Crippen LogP contribution in [-0.4, -0.2) is 38.8 Å². The number of fused-ring (bicyclic) bond motifs is 1. The topological polar surface area (TPSA) is 69.5 Å². The van der Waals surface area contributed by atoms with E-state index in [-0.39, 0.29) is 5.91 Å². The molecule has 1 saturated carbocycles. The third kappa shape index (κ3) is 4.26. The molecule has 31 heavy (non-hydrogen) atoms. The molecule has 5 rings (SSSR count). The van der Waals surface area contributed by atoms with Crippen LogP contribution < -0.4 is 9.47 Å². The van der Waals surface area contributed by atoms with Crippen molar-refractivity contribution in [1.29, 1.82) is 0 Å². The van der Waals surface area contributed by atoms with Gasteiger partial charge in [-0.15, -0.1) is 0 Å². The molecule has 0 bridgehead atoms. The Kier molecular flexibility index (Phi) is 5.32. The van der Waals surface area contributed by atoms with Crippen LogP contribution in [-0.2, 0) is 7.05 Å². The van der Waals surface area contributed by atoms with E-state index < -0.39 is 0 Å². The Hall–Kier alpha value is -3.35. The zero-order valence-corrected chi connectivity index (χ0v) is 17.7. The molecule has 7 nitrogen and oxygen atoms in total. The average molecular weight is 418 g/mol. The minimum absolute atomic E-state index is 0.0167. The second kappa shape index (κ2) is 8.41. The lowest BCUT2D eigenvalue weighted by Gasteiger charge is -2.33. The van der Waals surface area contributed by atoms with Crippen LogP contribution in [0.1, 0.15) is 42.5 Å². The molecule has 1 amide bonds. The molecule has 0 unspecified atom stereocenters. The molecule has 1 aromatic carbocycles. The van der Waals surface area contributed by atoms with Crippen molar-refractivity contribution >= 4 is 5.91 Å². The van der Waals surface area contributed by atoms with Crippen LogP contribution in [0.4, 0.5) is 0 Å². The highest BCUT2D eigenvalue weighted by molar-refractivity contribution is 5.98. The molecular formula is C24H26N4O3. The van der Waals surface area contributed by atoms with Crippen LogP contribution in [0.25, 0.3) is 11.3 Å². The summed E-state index contributed by atoms with van der Waals surface area (Å²) in [5.74, 6) is 2.45. The summed E-state index contributed by atoms with van der Waals surface area (Å²) in [4.78, 5) is 19.3. The zero-order chi connectivity index (χ0) is 21.2. The molecule has 2 aliphatic rings. The maximum absolute atomic E-state index is 13.1. The van der Waals surface area contributed by atoms with Crippen LogP contribution in [0.2, 0.25) is 0 Å². The van der Waals surface area contributed by atoms with Crippen molar-refractivity contribution in [2.45, 2.75) is 32.1 Å². The van der Waals surface area contributed by atoms with Crippen LogP contribution in [0.15, 0.2) is 48.9 Å². The first-order chi connectivity index (χ1) is 15.2. The van der Waals surface area contributed by atoms with E-state index >= 15 is 0 Å². The predicted octanol–water partition coefficient (Wildman–Crippen LogP) is 4.65. The number of hydrogen-bond donors (Lipinski definition) is 0. The Morgan fingerprint density at radius 1 is 1.13 bits per heavy atom. The molecule has 0 spiro atoms. The standard InChI is InChI=1S/C24H26N4O3/c1-27-15-18(13-26-27)22-12-20(9-10-25-22)31-19-7-8-23-21(11-19)24(29)28(16-30-23)14-17-5-3-2-4-6-17/h7-13,15,17H,2-6,14,16H2,1H3. The van der Waals surface area contributed by atoms with Crippen molar-refractivity contribution in [2.24, 2.45) is 13.0 Å². The predicted molar refractivity (Wildman–Crippen MR) is 116 cm³/mol. The van der Waals surface area contributed by atoms with Gasteiger partial charge in [0.2, 0.25) is 0 Å². The number of carbonyl (C=O) groups is 1. The van der Waals surface area contributed by atoms with Gasteiger partial charge in [0.25, 0.3) is 5.91 Å². The van der Waals surface area contributed by atoms with Crippen molar-refractivity contribution < 1.29 is 14.3 Å². The monoisotopic (exact) mass is 418 g/mol. The first-order valence-corrected chi connectivity index (χ1v) is 10.8. The SMILES string of the molecule is Cn1cc(-c2cc(Oc3ccc4c(c3)C(=O)N(CC3CCCCC3)CO4)ccn2)cn1. The number of ether oxygens (including phenoxy) is 2. The Balaban J connectivity index is 1.33. The van der Waals surface area contributed by atoms with Gasteiger partial charge in [-0.1, -0.05) is 19.3 Å². The van der Waals surface area contributed by atoms with E-state index in [4.69, 9.17) is 9.47 Å². The van der Waals surface area contributed by atoms with E-state index in [9.17, 15) is 4.79 Å². The van der Waals surface area contributed by atoms with Gasteiger partial charge in [-0.05, 0) is 43.0 Å².